The molecule has 2 rings (SSSR count). The first-order valence-electron chi connectivity index (χ1n) is 6.52. The Labute approximate surface area is 104 Å². The zero-order chi connectivity index (χ0) is 11.9. The second kappa shape index (κ2) is 6.58. The summed E-state index contributed by atoms with van der Waals surface area (Å²) in [6.45, 7) is 3.25. The summed E-state index contributed by atoms with van der Waals surface area (Å²) in [7, 11) is 1.96. The van der Waals surface area contributed by atoms with Crippen molar-refractivity contribution in [3.05, 3.63) is 41.5 Å². The number of hydrogen-bond acceptors (Lipinski definition) is 2. The standard InChI is InChI=1S/C15H22N2/c1-16-10-2-3-13-4-6-14(7-5-13)15-8-11-17-12-9-15/h2-7,15-17H,8-12H2,1H3. The Morgan fingerprint density at radius 1 is 1.24 bits per heavy atom. The maximum absolute atomic E-state index is 3.41. The van der Waals surface area contributed by atoms with Gasteiger partial charge in [-0.1, -0.05) is 36.4 Å². The summed E-state index contributed by atoms with van der Waals surface area (Å²) in [5.41, 5.74) is 2.79. The van der Waals surface area contributed by atoms with Crippen LogP contribution in [-0.4, -0.2) is 26.7 Å². The summed E-state index contributed by atoms with van der Waals surface area (Å²) in [6.07, 6.45) is 6.87. The van der Waals surface area contributed by atoms with Gasteiger partial charge in [0, 0.05) is 6.54 Å². The van der Waals surface area contributed by atoms with Crippen LogP contribution in [-0.2, 0) is 0 Å². The van der Waals surface area contributed by atoms with Crippen LogP contribution >= 0.6 is 0 Å². The van der Waals surface area contributed by atoms with E-state index in [1.165, 1.54) is 24.0 Å². The second-order valence-corrected chi connectivity index (χ2v) is 4.65. The molecule has 92 valence electrons. The topological polar surface area (TPSA) is 24.1 Å². The molecule has 0 bridgehead atoms. The molecule has 1 heterocycles. The molecule has 0 aromatic heterocycles. The third-order valence-electron chi connectivity index (χ3n) is 3.38. The molecular weight excluding hydrogens is 208 g/mol. The van der Waals surface area contributed by atoms with E-state index < -0.39 is 0 Å². The fourth-order valence-corrected chi connectivity index (χ4v) is 2.35. The lowest BCUT2D eigenvalue weighted by Gasteiger charge is -2.22. The fraction of sp³-hybridized carbons (Fsp3) is 0.467. The van der Waals surface area contributed by atoms with Crippen molar-refractivity contribution in [3.63, 3.8) is 0 Å². The first-order valence-corrected chi connectivity index (χ1v) is 6.52. The minimum absolute atomic E-state index is 0.756. The Kier molecular flexibility index (Phi) is 4.77. The Morgan fingerprint density at radius 2 is 1.94 bits per heavy atom. The number of hydrogen-bond donors (Lipinski definition) is 2. The first-order chi connectivity index (χ1) is 8.40. The molecule has 1 aliphatic heterocycles. The zero-order valence-electron chi connectivity index (χ0n) is 10.6. The molecule has 2 nitrogen and oxygen atoms in total. The molecule has 1 aromatic carbocycles. The van der Waals surface area contributed by atoms with Crippen LogP contribution in [0.1, 0.15) is 29.9 Å². The Balaban J connectivity index is 1.97. The van der Waals surface area contributed by atoms with Crippen LogP contribution in [0.3, 0.4) is 0 Å². The molecule has 1 aliphatic rings. The van der Waals surface area contributed by atoms with Crippen LogP contribution in [0.5, 0.6) is 0 Å². The van der Waals surface area contributed by atoms with Crippen molar-refractivity contribution in [3.8, 4) is 0 Å². The van der Waals surface area contributed by atoms with Crippen molar-refractivity contribution in [2.24, 2.45) is 0 Å². The molecule has 0 unspecified atom stereocenters. The smallest absolute Gasteiger partial charge is 0.0135 e. The molecule has 17 heavy (non-hydrogen) atoms. The van der Waals surface area contributed by atoms with E-state index in [0.29, 0.717) is 0 Å². The summed E-state index contributed by atoms with van der Waals surface area (Å²) in [5.74, 6) is 0.756. The Bertz CT molecular complexity index is 348. The average molecular weight is 230 g/mol. The van der Waals surface area contributed by atoms with Gasteiger partial charge in [-0.25, -0.2) is 0 Å². The Hall–Kier alpha value is -1.12. The maximum atomic E-state index is 3.41. The summed E-state index contributed by atoms with van der Waals surface area (Å²) in [5, 5.41) is 6.52. The van der Waals surface area contributed by atoms with E-state index in [0.717, 1.165) is 25.6 Å². The van der Waals surface area contributed by atoms with Crippen LogP contribution in [0.2, 0.25) is 0 Å². The first kappa shape index (κ1) is 12.3. The fourth-order valence-electron chi connectivity index (χ4n) is 2.35. The number of nitrogens with one attached hydrogen (secondary N) is 2. The van der Waals surface area contributed by atoms with Crippen LogP contribution in [0.25, 0.3) is 6.08 Å². The average Bonchev–Trinajstić information content (AvgIpc) is 2.41. The Morgan fingerprint density at radius 3 is 2.59 bits per heavy atom. The van der Waals surface area contributed by atoms with Crippen LogP contribution in [0.4, 0.5) is 0 Å². The van der Waals surface area contributed by atoms with Crippen molar-refractivity contribution in [2.75, 3.05) is 26.7 Å². The van der Waals surface area contributed by atoms with E-state index in [9.17, 15) is 0 Å². The van der Waals surface area contributed by atoms with Gasteiger partial charge in [0.15, 0.2) is 0 Å². The molecule has 2 N–H and O–H groups in total. The highest BCUT2D eigenvalue weighted by Gasteiger charge is 2.14. The largest absolute Gasteiger partial charge is 0.317 e. The number of benzene rings is 1. The highest BCUT2D eigenvalue weighted by Crippen LogP contribution is 2.25. The predicted molar refractivity (Wildman–Crippen MR) is 74.2 cm³/mol. The lowest BCUT2D eigenvalue weighted by molar-refractivity contribution is 0.460. The minimum atomic E-state index is 0.756. The van der Waals surface area contributed by atoms with Crippen molar-refractivity contribution in [1.29, 1.82) is 0 Å². The summed E-state index contributed by atoms with van der Waals surface area (Å²) >= 11 is 0. The van der Waals surface area contributed by atoms with E-state index in [1.807, 2.05) is 7.05 Å². The van der Waals surface area contributed by atoms with Crippen molar-refractivity contribution >= 4 is 6.08 Å². The number of rotatable bonds is 4. The third kappa shape index (κ3) is 3.69. The van der Waals surface area contributed by atoms with E-state index in [2.05, 4.69) is 47.1 Å². The SMILES string of the molecule is CNCC=Cc1ccc(C2CCNCC2)cc1. The van der Waals surface area contributed by atoms with Gasteiger partial charge in [-0.05, 0) is 50.0 Å². The zero-order valence-corrected chi connectivity index (χ0v) is 10.6. The normalized spacial score (nSPS) is 17.7. The van der Waals surface area contributed by atoms with Crippen molar-refractivity contribution in [2.45, 2.75) is 18.8 Å². The van der Waals surface area contributed by atoms with Crippen molar-refractivity contribution in [1.82, 2.24) is 10.6 Å². The summed E-state index contributed by atoms with van der Waals surface area (Å²) in [6, 6.07) is 9.02. The molecule has 2 heteroatoms. The molecule has 0 radical (unpaired) electrons. The van der Waals surface area contributed by atoms with Gasteiger partial charge in [-0.3, -0.25) is 0 Å². The van der Waals surface area contributed by atoms with Gasteiger partial charge in [0.2, 0.25) is 0 Å². The molecule has 1 fully saturated rings. The lowest BCUT2D eigenvalue weighted by atomic mass is 9.90. The van der Waals surface area contributed by atoms with Gasteiger partial charge in [-0.15, -0.1) is 0 Å². The van der Waals surface area contributed by atoms with Crippen molar-refractivity contribution < 1.29 is 0 Å². The van der Waals surface area contributed by atoms with Gasteiger partial charge in [0.05, 0.1) is 0 Å². The van der Waals surface area contributed by atoms with Crippen LogP contribution in [0.15, 0.2) is 30.3 Å². The second-order valence-electron chi connectivity index (χ2n) is 4.65. The van der Waals surface area contributed by atoms with E-state index in [-0.39, 0.29) is 0 Å². The summed E-state index contributed by atoms with van der Waals surface area (Å²) in [4.78, 5) is 0. The number of likely N-dealkylation sites (N-methyl/N-ethyl adjacent to an activating group) is 1. The summed E-state index contributed by atoms with van der Waals surface area (Å²) < 4.78 is 0. The molecule has 1 aromatic rings. The molecule has 0 aliphatic carbocycles. The minimum Gasteiger partial charge on any atom is -0.317 e. The van der Waals surface area contributed by atoms with Crippen LogP contribution < -0.4 is 10.6 Å². The lowest BCUT2D eigenvalue weighted by Crippen LogP contribution is -2.26. The highest BCUT2D eigenvalue weighted by atomic mass is 14.9. The van der Waals surface area contributed by atoms with Gasteiger partial charge >= 0.3 is 0 Å². The highest BCUT2D eigenvalue weighted by molar-refractivity contribution is 5.50. The molecule has 1 saturated heterocycles. The molecule has 0 atom stereocenters. The van der Waals surface area contributed by atoms with Gasteiger partial charge < -0.3 is 10.6 Å². The van der Waals surface area contributed by atoms with E-state index >= 15 is 0 Å². The monoisotopic (exact) mass is 230 g/mol. The molecular formula is C15H22N2. The molecule has 0 spiro atoms. The van der Waals surface area contributed by atoms with E-state index in [1.54, 1.807) is 0 Å². The van der Waals surface area contributed by atoms with Gasteiger partial charge in [0.25, 0.3) is 0 Å². The molecule has 0 amide bonds. The molecule has 0 saturated carbocycles. The van der Waals surface area contributed by atoms with Gasteiger partial charge in [-0.2, -0.15) is 0 Å². The quantitative estimate of drug-likeness (QED) is 0.830. The van der Waals surface area contributed by atoms with E-state index in [4.69, 9.17) is 0 Å². The van der Waals surface area contributed by atoms with Crippen LogP contribution in [0, 0.1) is 0 Å². The number of piperidine rings is 1. The van der Waals surface area contributed by atoms with Gasteiger partial charge in [0.1, 0.15) is 0 Å². The third-order valence-corrected chi connectivity index (χ3v) is 3.38. The predicted octanol–water partition coefficient (Wildman–Crippen LogP) is 2.39. The maximum Gasteiger partial charge on any atom is 0.0135 e.